The molecule has 0 spiro atoms. The van der Waals surface area contributed by atoms with Crippen LogP contribution in [-0.4, -0.2) is 26.4 Å². The van der Waals surface area contributed by atoms with Crippen molar-refractivity contribution < 1.29 is 9.53 Å². The van der Waals surface area contributed by atoms with E-state index in [0.717, 1.165) is 29.1 Å². The summed E-state index contributed by atoms with van der Waals surface area (Å²) in [7, 11) is 0. The molecule has 1 atom stereocenters. The van der Waals surface area contributed by atoms with Gasteiger partial charge in [0.05, 0.1) is 5.75 Å². The van der Waals surface area contributed by atoms with Gasteiger partial charge in [-0.25, -0.2) is 0 Å². The number of ether oxygens (including phenoxy) is 1. The molecule has 4 rings (SSSR count). The highest BCUT2D eigenvalue weighted by Crippen LogP contribution is 2.25. The van der Waals surface area contributed by atoms with E-state index in [0.29, 0.717) is 16.9 Å². The Morgan fingerprint density at radius 1 is 0.944 bits per heavy atom. The van der Waals surface area contributed by atoms with Gasteiger partial charge in [0.1, 0.15) is 12.4 Å². The SMILES string of the molecule is CC[C@@H](C)c1ccc(NC(=O)CSc2nnc(COc3ccc(C)cc3)n2-c2ccc(C)cc2)cc1. The lowest BCUT2D eigenvalue weighted by atomic mass is 9.99. The number of carbonyl (C=O) groups is 1. The molecule has 4 aromatic rings. The largest absolute Gasteiger partial charge is 0.486 e. The fourth-order valence-corrected chi connectivity index (χ4v) is 4.45. The zero-order valence-corrected chi connectivity index (χ0v) is 22.0. The molecule has 186 valence electrons. The number of hydrogen-bond acceptors (Lipinski definition) is 5. The van der Waals surface area contributed by atoms with Crippen LogP contribution >= 0.6 is 11.8 Å². The van der Waals surface area contributed by atoms with E-state index in [1.165, 1.54) is 22.9 Å². The van der Waals surface area contributed by atoms with Crippen molar-refractivity contribution in [2.24, 2.45) is 0 Å². The van der Waals surface area contributed by atoms with E-state index < -0.39 is 0 Å². The van der Waals surface area contributed by atoms with E-state index in [-0.39, 0.29) is 18.3 Å². The predicted octanol–water partition coefficient (Wildman–Crippen LogP) is 6.71. The number of aromatic nitrogens is 3. The van der Waals surface area contributed by atoms with E-state index >= 15 is 0 Å². The van der Waals surface area contributed by atoms with E-state index in [1.54, 1.807) is 0 Å². The van der Waals surface area contributed by atoms with Gasteiger partial charge in [0.15, 0.2) is 11.0 Å². The summed E-state index contributed by atoms with van der Waals surface area (Å²) in [6.45, 7) is 8.73. The molecule has 1 amide bonds. The number of rotatable bonds is 10. The summed E-state index contributed by atoms with van der Waals surface area (Å²) in [5.74, 6) is 2.07. The minimum absolute atomic E-state index is 0.0906. The monoisotopic (exact) mass is 500 g/mol. The second-order valence-corrected chi connectivity index (χ2v) is 9.88. The Labute approximate surface area is 217 Å². The molecular weight excluding hydrogens is 468 g/mol. The zero-order chi connectivity index (χ0) is 25.5. The maximum absolute atomic E-state index is 12.7. The van der Waals surface area contributed by atoms with Gasteiger partial charge >= 0.3 is 0 Å². The maximum Gasteiger partial charge on any atom is 0.234 e. The van der Waals surface area contributed by atoms with Gasteiger partial charge < -0.3 is 10.1 Å². The smallest absolute Gasteiger partial charge is 0.234 e. The first-order valence-corrected chi connectivity index (χ1v) is 13.1. The number of benzene rings is 3. The molecule has 0 bridgehead atoms. The third-order valence-electron chi connectivity index (χ3n) is 6.09. The van der Waals surface area contributed by atoms with Crippen LogP contribution in [0.5, 0.6) is 5.75 Å². The van der Waals surface area contributed by atoms with Gasteiger partial charge in [-0.15, -0.1) is 10.2 Å². The average molecular weight is 501 g/mol. The molecule has 0 unspecified atom stereocenters. The summed E-state index contributed by atoms with van der Waals surface area (Å²) >= 11 is 1.35. The molecule has 1 heterocycles. The van der Waals surface area contributed by atoms with Crippen molar-refractivity contribution in [1.82, 2.24) is 14.8 Å². The van der Waals surface area contributed by atoms with Crippen LogP contribution in [0.15, 0.2) is 78.0 Å². The second-order valence-electron chi connectivity index (χ2n) is 8.94. The first kappa shape index (κ1) is 25.5. The van der Waals surface area contributed by atoms with Crippen LogP contribution in [0, 0.1) is 13.8 Å². The number of thioether (sulfide) groups is 1. The molecule has 0 aliphatic carbocycles. The Balaban J connectivity index is 1.46. The number of nitrogens with one attached hydrogen (secondary N) is 1. The highest BCUT2D eigenvalue weighted by Gasteiger charge is 2.17. The molecule has 7 heteroatoms. The Morgan fingerprint density at radius 2 is 1.58 bits per heavy atom. The molecule has 6 nitrogen and oxygen atoms in total. The summed E-state index contributed by atoms with van der Waals surface area (Å²) in [5, 5.41) is 12.4. The summed E-state index contributed by atoms with van der Waals surface area (Å²) in [6.07, 6.45) is 1.09. The van der Waals surface area contributed by atoms with Crippen molar-refractivity contribution in [3.63, 3.8) is 0 Å². The fraction of sp³-hybridized carbons (Fsp3) is 0.276. The summed E-state index contributed by atoms with van der Waals surface area (Å²) in [6, 6.07) is 24.1. The number of anilines is 1. The summed E-state index contributed by atoms with van der Waals surface area (Å²) in [5.41, 5.74) is 5.33. The third-order valence-corrected chi connectivity index (χ3v) is 7.02. The van der Waals surface area contributed by atoms with Crippen LogP contribution in [0.4, 0.5) is 5.69 Å². The number of aryl methyl sites for hydroxylation is 2. The van der Waals surface area contributed by atoms with Crippen molar-refractivity contribution >= 4 is 23.4 Å². The molecule has 0 saturated heterocycles. The summed E-state index contributed by atoms with van der Waals surface area (Å²) in [4.78, 5) is 12.7. The molecule has 0 radical (unpaired) electrons. The standard InChI is InChI=1S/C29H32N4O2S/c1-5-22(4)23-10-12-24(13-11-23)30-28(34)19-36-29-32-31-27(18-35-26-16-8-21(3)9-17-26)33(29)25-14-6-20(2)7-15-25/h6-17,22H,5,18-19H2,1-4H3,(H,30,34)/t22-/m1/s1. The van der Waals surface area contributed by atoms with Gasteiger partial charge in [0.25, 0.3) is 0 Å². The van der Waals surface area contributed by atoms with Crippen LogP contribution < -0.4 is 10.1 Å². The average Bonchev–Trinajstić information content (AvgIpc) is 3.30. The minimum atomic E-state index is -0.0906. The van der Waals surface area contributed by atoms with Gasteiger partial charge in [-0.2, -0.15) is 0 Å². The first-order valence-electron chi connectivity index (χ1n) is 12.2. The van der Waals surface area contributed by atoms with Crippen molar-refractivity contribution in [2.75, 3.05) is 11.1 Å². The Morgan fingerprint density at radius 3 is 2.22 bits per heavy atom. The van der Waals surface area contributed by atoms with Gasteiger partial charge in [0.2, 0.25) is 5.91 Å². The van der Waals surface area contributed by atoms with Crippen molar-refractivity contribution in [1.29, 1.82) is 0 Å². The van der Waals surface area contributed by atoms with Crippen LogP contribution in [0.1, 0.15) is 48.7 Å². The van der Waals surface area contributed by atoms with Crippen LogP contribution in [-0.2, 0) is 11.4 Å². The Kier molecular flexibility index (Phi) is 8.44. The molecule has 3 aromatic carbocycles. The molecule has 36 heavy (non-hydrogen) atoms. The number of hydrogen-bond donors (Lipinski definition) is 1. The van der Waals surface area contributed by atoms with E-state index in [4.69, 9.17) is 4.74 Å². The first-order chi connectivity index (χ1) is 17.4. The molecule has 0 aliphatic rings. The van der Waals surface area contributed by atoms with Crippen molar-refractivity contribution in [3.05, 3.63) is 95.3 Å². The third kappa shape index (κ3) is 6.55. The number of amides is 1. The van der Waals surface area contributed by atoms with E-state index in [1.807, 2.05) is 79.1 Å². The Bertz CT molecular complexity index is 1280. The van der Waals surface area contributed by atoms with E-state index in [2.05, 4.69) is 41.5 Å². The van der Waals surface area contributed by atoms with Crippen molar-refractivity contribution in [2.45, 2.75) is 51.8 Å². The van der Waals surface area contributed by atoms with Gasteiger partial charge in [0, 0.05) is 11.4 Å². The highest BCUT2D eigenvalue weighted by molar-refractivity contribution is 7.99. The highest BCUT2D eigenvalue weighted by atomic mass is 32.2. The van der Waals surface area contributed by atoms with Gasteiger partial charge in [-0.3, -0.25) is 9.36 Å². The summed E-state index contributed by atoms with van der Waals surface area (Å²) < 4.78 is 7.92. The number of nitrogens with zero attached hydrogens (tertiary/aromatic N) is 3. The quantitative estimate of drug-likeness (QED) is 0.245. The zero-order valence-electron chi connectivity index (χ0n) is 21.2. The fourth-order valence-electron chi connectivity index (χ4n) is 3.68. The van der Waals surface area contributed by atoms with Crippen LogP contribution in [0.25, 0.3) is 5.69 Å². The van der Waals surface area contributed by atoms with Gasteiger partial charge in [-0.1, -0.05) is 73.1 Å². The molecule has 0 aliphatic heterocycles. The molecule has 0 fully saturated rings. The normalized spacial score (nSPS) is 11.8. The maximum atomic E-state index is 12.7. The lowest BCUT2D eigenvalue weighted by molar-refractivity contribution is -0.113. The molecular formula is C29H32N4O2S. The second kappa shape index (κ2) is 11.9. The molecule has 1 N–H and O–H groups in total. The van der Waals surface area contributed by atoms with Crippen LogP contribution in [0.3, 0.4) is 0 Å². The molecule has 0 saturated carbocycles. The van der Waals surface area contributed by atoms with Crippen LogP contribution in [0.2, 0.25) is 0 Å². The van der Waals surface area contributed by atoms with Crippen molar-refractivity contribution in [3.8, 4) is 11.4 Å². The lowest BCUT2D eigenvalue weighted by Crippen LogP contribution is -2.15. The molecule has 1 aromatic heterocycles. The predicted molar refractivity (Wildman–Crippen MR) is 146 cm³/mol. The van der Waals surface area contributed by atoms with E-state index in [9.17, 15) is 4.79 Å². The lowest BCUT2D eigenvalue weighted by Gasteiger charge is -2.12. The number of carbonyl (C=O) groups excluding carboxylic acids is 1. The van der Waals surface area contributed by atoms with Gasteiger partial charge in [-0.05, 0) is 68.1 Å². The Hall–Kier alpha value is -3.58. The topological polar surface area (TPSA) is 69.0 Å². The minimum Gasteiger partial charge on any atom is -0.486 e.